The van der Waals surface area contributed by atoms with Crippen molar-refractivity contribution in [3.8, 4) is 0 Å². The van der Waals surface area contributed by atoms with Crippen molar-refractivity contribution in [2.75, 3.05) is 13.2 Å². The first-order valence-electron chi connectivity index (χ1n) is 9.22. The van der Waals surface area contributed by atoms with E-state index < -0.39 is 24.1 Å². The van der Waals surface area contributed by atoms with Gasteiger partial charge in [-0.2, -0.15) is 0 Å². The molecule has 1 amide bonds. The summed E-state index contributed by atoms with van der Waals surface area (Å²) in [6.07, 6.45) is -2.29. The van der Waals surface area contributed by atoms with Gasteiger partial charge in [-0.15, -0.1) is 13.2 Å². The SMILES string of the molecule is CCC(OCCOC(F)(F)F)C12CC(C)CC(C1)N2C(=O)OC(C)(C)C. The standard InChI is InChI=1S/C18H30F3NO4/c1-6-14(24-7-8-25-18(19,20)21)17-10-12(2)9-13(11-17)22(17)15(23)26-16(3,4)5/h12-14H,6-11H2,1-5H3. The van der Waals surface area contributed by atoms with E-state index in [0.29, 0.717) is 12.3 Å². The van der Waals surface area contributed by atoms with E-state index in [-0.39, 0.29) is 24.8 Å². The lowest BCUT2D eigenvalue weighted by Crippen LogP contribution is -2.76. The number of nitrogens with zero attached hydrogens (tertiary/aromatic N) is 1. The molecule has 8 heteroatoms. The molecule has 1 aliphatic carbocycles. The first-order valence-corrected chi connectivity index (χ1v) is 9.22. The molecule has 3 aliphatic rings. The van der Waals surface area contributed by atoms with Crippen LogP contribution < -0.4 is 0 Å². The van der Waals surface area contributed by atoms with Gasteiger partial charge < -0.3 is 9.47 Å². The summed E-state index contributed by atoms with van der Waals surface area (Å²) in [6.45, 7) is 8.79. The monoisotopic (exact) mass is 381 g/mol. The molecule has 4 unspecified atom stereocenters. The lowest BCUT2D eigenvalue weighted by molar-refractivity contribution is -0.328. The average Bonchev–Trinajstić information content (AvgIpc) is 2.42. The number of rotatable bonds is 6. The normalized spacial score (nSPS) is 29.9. The van der Waals surface area contributed by atoms with Crippen LogP contribution in [0.1, 0.15) is 60.3 Å². The van der Waals surface area contributed by atoms with E-state index in [4.69, 9.17) is 9.47 Å². The molecule has 3 fully saturated rings. The van der Waals surface area contributed by atoms with Gasteiger partial charge in [0.05, 0.1) is 24.9 Å². The van der Waals surface area contributed by atoms with E-state index in [1.54, 1.807) is 4.90 Å². The molecule has 0 radical (unpaired) electrons. The van der Waals surface area contributed by atoms with Gasteiger partial charge in [0.15, 0.2) is 0 Å². The van der Waals surface area contributed by atoms with E-state index in [1.807, 2.05) is 27.7 Å². The first-order chi connectivity index (χ1) is 11.9. The Bertz CT molecular complexity index is 506. The fourth-order valence-corrected chi connectivity index (χ4v) is 4.43. The van der Waals surface area contributed by atoms with Crippen LogP contribution in [0.4, 0.5) is 18.0 Å². The van der Waals surface area contributed by atoms with Crippen LogP contribution in [0.15, 0.2) is 0 Å². The summed E-state index contributed by atoms with van der Waals surface area (Å²) in [5.74, 6) is 0.427. The third-order valence-corrected chi connectivity index (χ3v) is 5.04. The molecule has 2 heterocycles. The van der Waals surface area contributed by atoms with Gasteiger partial charge in [0, 0.05) is 6.04 Å². The first kappa shape index (κ1) is 21.3. The van der Waals surface area contributed by atoms with Gasteiger partial charge in [0.1, 0.15) is 5.60 Å². The van der Waals surface area contributed by atoms with E-state index in [1.165, 1.54) is 0 Å². The maximum absolute atomic E-state index is 12.7. The number of amides is 1. The zero-order chi connectivity index (χ0) is 19.8. The molecule has 0 aromatic heterocycles. The summed E-state index contributed by atoms with van der Waals surface area (Å²) >= 11 is 0. The number of hydrogen-bond acceptors (Lipinski definition) is 4. The minimum absolute atomic E-state index is 0.109. The molecule has 0 aromatic rings. The Morgan fingerprint density at radius 1 is 1.23 bits per heavy atom. The highest BCUT2D eigenvalue weighted by atomic mass is 19.4. The number of carbonyl (C=O) groups is 1. The third-order valence-electron chi connectivity index (χ3n) is 5.04. The molecule has 0 N–H and O–H groups in total. The summed E-state index contributed by atoms with van der Waals surface area (Å²) in [4.78, 5) is 14.5. The molecule has 152 valence electrons. The van der Waals surface area contributed by atoms with Gasteiger partial charge in [-0.1, -0.05) is 13.8 Å². The van der Waals surface area contributed by atoms with E-state index in [9.17, 15) is 18.0 Å². The summed E-state index contributed by atoms with van der Waals surface area (Å²) < 4.78 is 51.5. The van der Waals surface area contributed by atoms with Crippen molar-refractivity contribution in [3.05, 3.63) is 0 Å². The maximum atomic E-state index is 12.7. The summed E-state index contributed by atoms with van der Waals surface area (Å²) in [6, 6.07) is 0.109. The second-order valence-electron chi connectivity index (χ2n) is 8.42. The van der Waals surface area contributed by atoms with Gasteiger partial charge in [0.2, 0.25) is 0 Å². The largest absolute Gasteiger partial charge is 0.522 e. The second-order valence-corrected chi connectivity index (χ2v) is 8.42. The van der Waals surface area contributed by atoms with Crippen molar-refractivity contribution >= 4 is 6.09 Å². The Labute approximate surface area is 153 Å². The van der Waals surface area contributed by atoms with Gasteiger partial charge in [-0.25, -0.2) is 4.79 Å². The molecule has 5 nitrogen and oxygen atoms in total. The molecule has 2 aliphatic heterocycles. The van der Waals surface area contributed by atoms with Crippen molar-refractivity contribution in [1.82, 2.24) is 4.90 Å². The second kappa shape index (κ2) is 7.54. The molecule has 3 rings (SSSR count). The van der Waals surface area contributed by atoms with Crippen molar-refractivity contribution in [2.24, 2.45) is 5.92 Å². The fourth-order valence-electron chi connectivity index (χ4n) is 4.43. The molecule has 2 saturated heterocycles. The van der Waals surface area contributed by atoms with Crippen molar-refractivity contribution in [3.63, 3.8) is 0 Å². The van der Waals surface area contributed by atoms with Crippen LogP contribution in [-0.2, 0) is 14.2 Å². The van der Waals surface area contributed by atoms with Crippen LogP contribution in [0.25, 0.3) is 0 Å². The highest BCUT2D eigenvalue weighted by molar-refractivity contribution is 5.71. The smallest absolute Gasteiger partial charge is 0.444 e. The quantitative estimate of drug-likeness (QED) is 0.636. The number of hydrogen-bond donors (Lipinski definition) is 0. The Balaban J connectivity index is 2.06. The van der Waals surface area contributed by atoms with Gasteiger partial charge in [0.25, 0.3) is 0 Å². The topological polar surface area (TPSA) is 48.0 Å². The van der Waals surface area contributed by atoms with Crippen LogP contribution in [-0.4, -0.2) is 53.9 Å². The number of fused-ring (bicyclic) bond motifs is 2. The van der Waals surface area contributed by atoms with E-state index in [2.05, 4.69) is 11.7 Å². The number of alkyl halides is 3. The molecule has 0 spiro atoms. The number of carbonyl (C=O) groups excluding carboxylic acids is 1. The van der Waals surface area contributed by atoms with Gasteiger partial charge >= 0.3 is 12.5 Å². The van der Waals surface area contributed by atoms with Crippen molar-refractivity contribution < 1.29 is 32.2 Å². The average molecular weight is 381 g/mol. The Kier molecular flexibility index (Phi) is 6.17. The van der Waals surface area contributed by atoms with E-state index >= 15 is 0 Å². The van der Waals surface area contributed by atoms with E-state index in [0.717, 1.165) is 19.3 Å². The Morgan fingerprint density at radius 3 is 2.42 bits per heavy atom. The zero-order valence-electron chi connectivity index (χ0n) is 16.2. The van der Waals surface area contributed by atoms with Crippen LogP contribution in [0.2, 0.25) is 0 Å². The summed E-state index contributed by atoms with van der Waals surface area (Å²) in [5.41, 5.74) is -1.10. The summed E-state index contributed by atoms with van der Waals surface area (Å²) in [7, 11) is 0. The molecular formula is C18H30F3NO4. The molecule has 1 saturated carbocycles. The number of halogens is 3. The van der Waals surface area contributed by atoms with Crippen LogP contribution in [0, 0.1) is 5.92 Å². The van der Waals surface area contributed by atoms with Crippen molar-refractivity contribution in [1.29, 1.82) is 0 Å². The Hall–Kier alpha value is -1.02. The van der Waals surface area contributed by atoms with Crippen molar-refractivity contribution in [2.45, 2.75) is 90.0 Å². The highest BCUT2D eigenvalue weighted by Crippen LogP contribution is 2.53. The third kappa shape index (κ3) is 4.82. The molecule has 26 heavy (non-hydrogen) atoms. The van der Waals surface area contributed by atoms with Crippen LogP contribution >= 0.6 is 0 Å². The molecule has 2 bridgehead atoms. The summed E-state index contributed by atoms with van der Waals surface area (Å²) in [5, 5.41) is 0. The lowest BCUT2D eigenvalue weighted by Gasteiger charge is -2.65. The molecule has 0 aromatic carbocycles. The predicted octanol–water partition coefficient (Wildman–Crippen LogP) is 4.50. The van der Waals surface area contributed by atoms with Gasteiger partial charge in [-0.3, -0.25) is 9.64 Å². The van der Waals surface area contributed by atoms with Crippen LogP contribution in [0.5, 0.6) is 0 Å². The fraction of sp³-hybridized carbons (Fsp3) is 0.944. The predicted molar refractivity (Wildman–Crippen MR) is 89.6 cm³/mol. The van der Waals surface area contributed by atoms with Gasteiger partial charge in [-0.05, 0) is 52.4 Å². The molecular weight excluding hydrogens is 351 g/mol. The van der Waals surface area contributed by atoms with Crippen LogP contribution in [0.3, 0.4) is 0 Å². The minimum atomic E-state index is -4.66. The number of piperidine rings is 1. The number of ether oxygens (including phenoxy) is 3. The maximum Gasteiger partial charge on any atom is 0.522 e. The minimum Gasteiger partial charge on any atom is -0.444 e. The highest BCUT2D eigenvalue weighted by Gasteiger charge is 2.62. The Morgan fingerprint density at radius 2 is 1.88 bits per heavy atom. The lowest BCUT2D eigenvalue weighted by atomic mass is 9.61. The zero-order valence-corrected chi connectivity index (χ0v) is 16.2. The molecule has 4 atom stereocenters.